The Balaban J connectivity index is 2.07. The molecular weight excluding hydrogens is 220 g/mol. The molecule has 1 saturated carbocycles. The summed E-state index contributed by atoms with van der Waals surface area (Å²) in [5.74, 6) is 4.77. The second-order valence-electron chi connectivity index (χ2n) is 6.08. The number of hydrogen-bond donors (Lipinski definition) is 0. The van der Waals surface area contributed by atoms with E-state index < -0.39 is 0 Å². The summed E-state index contributed by atoms with van der Waals surface area (Å²) in [4.78, 5) is 12.9. The van der Waals surface area contributed by atoms with E-state index >= 15 is 0 Å². The van der Waals surface area contributed by atoms with Gasteiger partial charge in [-0.1, -0.05) is 31.2 Å². The highest BCUT2D eigenvalue weighted by molar-refractivity contribution is 5.93. The zero-order valence-corrected chi connectivity index (χ0v) is 10.9. The van der Waals surface area contributed by atoms with Gasteiger partial charge in [0.2, 0.25) is 0 Å². The van der Waals surface area contributed by atoms with Crippen LogP contribution in [0.5, 0.6) is 0 Å². The zero-order chi connectivity index (χ0) is 12.8. The Labute approximate surface area is 109 Å². The number of terminal acetylenes is 1. The number of carbonyl (C=O) groups excluding carboxylic acids is 1. The van der Waals surface area contributed by atoms with Crippen molar-refractivity contribution in [2.24, 2.45) is 29.1 Å². The standard InChI is InChI=1S/C17H20O/c1-3-10-17-11-5-4-9-14(17)13-8-6-7-12(2)15(13)16(17)18/h1,5-7,11-15H,4,8-10H2,2H3. The van der Waals surface area contributed by atoms with Crippen molar-refractivity contribution in [2.45, 2.75) is 32.6 Å². The predicted octanol–water partition coefficient (Wildman–Crippen LogP) is 3.37. The van der Waals surface area contributed by atoms with Crippen molar-refractivity contribution < 1.29 is 4.79 Å². The number of rotatable bonds is 1. The second-order valence-corrected chi connectivity index (χ2v) is 6.08. The minimum absolute atomic E-state index is 0.205. The largest absolute Gasteiger partial charge is 0.298 e. The van der Waals surface area contributed by atoms with Crippen molar-refractivity contribution in [2.75, 3.05) is 0 Å². The van der Waals surface area contributed by atoms with Crippen LogP contribution in [-0.2, 0) is 4.79 Å². The van der Waals surface area contributed by atoms with Crippen LogP contribution in [0, 0.1) is 41.4 Å². The van der Waals surface area contributed by atoms with Crippen LogP contribution < -0.4 is 0 Å². The Morgan fingerprint density at radius 1 is 1.50 bits per heavy atom. The van der Waals surface area contributed by atoms with Gasteiger partial charge in [0.05, 0.1) is 5.41 Å². The lowest BCUT2D eigenvalue weighted by Crippen LogP contribution is -2.34. The van der Waals surface area contributed by atoms with Crippen molar-refractivity contribution in [3.63, 3.8) is 0 Å². The van der Waals surface area contributed by atoms with Gasteiger partial charge in [0.25, 0.3) is 0 Å². The lowest BCUT2D eigenvalue weighted by Gasteiger charge is -2.35. The molecule has 0 N–H and O–H groups in total. The van der Waals surface area contributed by atoms with Crippen molar-refractivity contribution in [1.29, 1.82) is 0 Å². The van der Waals surface area contributed by atoms with Crippen molar-refractivity contribution in [1.82, 2.24) is 0 Å². The Hall–Kier alpha value is -1.29. The SMILES string of the molecule is C#CCC12C=CCCC1C1CC=CC(C)C1C2=O. The summed E-state index contributed by atoms with van der Waals surface area (Å²) in [6, 6.07) is 0. The Kier molecular flexibility index (Phi) is 2.70. The number of Topliss-reactive ketones (excluding diaryl/α,β-unsaturated/α-hetero) is 1. The molecule has 3 rings (SSSR count). The van der Waals surface area contributed by atoms with E-state index in [2.05, 4.69) is 37.1 Å². The van der Waals surface area contributed by atoms with Gasteiger partial charge in [0.15, 0.2) is 0 Å². The van der Waals surface area contributed by atoms with Crippen LogP contribution in [0.15, 0.2) is 24.3 Å². The average molecular weight is 240 g/mol. The van der Waals surface area contributed by atoms with Gasteiger partial charge in [-0.05, 0) is 37.0 Å². The van der Waals surface area contributed by atoms with Gasteiger partial charge in [0.1, 0.15) is 5.78 Å². The molecule has 0 aromatic carbocycles. The number of fused-ring (bicyclic) bond motifs is 3. The molecule has 0 aromatic heterocycles. The van der Waals surface area contributed by atoms with Gasteiger partial charge in [-0.3, -0.25) is 4.79 Å². The topological polar surface area (TPSA) is 17.1 Å². The first-order chi connectivity index (χ1) is 8.70. The summed E-state index contributed by atoms with van der Waals surface area (Å²) in [5, 5.41) is 0. The molecule has 3 aliphatic rings. The van der Waals surface area contributed by atoms with Crippen LogP contribution in [-0.4, -0.2) is 5.78 Å². The van der Waals surface area contributed by atoms with Crippen molar-refractivity contribution >= 4 is 5.78 Å². The lowest BCUT2D eigenvalue weighted by atomic mass is 9.67. The molecule has 18 heavy (non-hydrogen) atoms. The summed E-state index contributed by atoms with van der Waals surface area (Å²) in [7, 11) is 0. The van der Waals surface area contributed by atoms with Crippen LogP contribution >= 0.6 is 0 Å². The fourth-order valence-corrected chi connectivity index (χ4v) is 4.52. The highest BCUT2D eigenvalue weighted by atomic mass is 16.1. The molecule has 94 valence electrons. The van der Waals surface area contributed by atoms with Gasteiger partial charge in [-0.25, -0.2) is 0 Å². The van der Waals surface area contributed by atoms with Gasteiger partial charge in [-0.15, -0.1) is 12.3 Å². The minimum Gasteiger partial charge on any atom is -0.298 e. The average Bonchev–Trinajstić information content (AvgIpc) is 2.62. The third-order valence-corrected chi connectivity index (χ3v) is 5.27. The molecule has 3 aliphatic carbocycles. The third-order valence-electron chi connectivity index (χ3n) is 5.27. The molecule has 0 radical (unpaired) electrons. The maximum Gasteiger partial charge on any atom is 0.147 e. The molecule has 0 spiro atoms. The minimum atomic E-state index is -0.331. The van der Waals surface area contributed by atoms with Crippen LogP contribution in [0.1, 0.15) is 32.6 Å². The van der Waals surface area contributed by atoms with Gasteiger partial charge >= 0.3 is 0 Å². The summed E-state index contributed by atoms with van der Waals surface area (Å²) in [5.41, 5.74) is -0.331. The highest BCUT2D eigenvalue weighted by Gasteiger charge is 2.59. The zero-order valence-electron chi connectivity index (χ0n) is 10.9. The van der Waals surface area contributed by atoms with Crippen LogP contribution in [0.2, 0.25) is 0 Å². The molecule has 1 nitrogen and oxygen atoms in total. The fraction of sp³-hybridized carbons (Fsp3) is 0.588. The number of carbonyl (C=O) groups is 1. The first-order valence-corrected chi connectivity index (χ1v) is 7.03. The molecule has 0 bridgehead atoms. The smallest absolute Gasteiger partial charge is 0.147 e. The van der Waals surface area contributed by atoms with E-state index in [4.69, 9.17) is 6.42 Å². The molecule has 1 fully saturated rings. The van der Waals surface area contributed by atoms with E-state index in [0.717, 1.165) is 19.3 Å². The molecule has 5 atom stereocenters. The van der Waals surface area contributed by atoms with E-state index in [1.807, 2.05) is 0 Å². The summed E-state index contributed by atoms with van der Waals surface area (Å²) in [6.45, 7) is 2.18. The normalized spacial score (nSPS) is 45.4. The number of ketones is 1. The van der Waals surface area contributed by atoms with E-state index in [1.54, 1.807) is 0 Å². The maximum absolute atomic E-state index is 12.9. The maximum atomic E-state index is 12.9. The molecule has 0 aromatic rings. The van der Waals surface area contributed by atoms with E-state index in [0.29, 0.717) is 30.0 Å². The van der Waals surface area contributed by atoms with Gasteiger partial charge in [-0.2, -0.15) is 0 Å². The Bertz CT molecular complexity index is 464. The molecular formula is C17H20O. The highest BCUT2D eigenvalue weighted by Crippen LogP contribution is 2.58. The van der Waals surface area contributed by atoms with Crippen LogP contribution in [0.3, 0.4) is 0 Å². The predicted molar refractivity (Wildman–Crippen MR) is 72.7 cm³/mol. The van der Waals surface area contributed by atoms with E-state index in [9.17, 15) is 4.79 Å². The third kappa shape index (κ3) is 1.38. The van der Waals surface area contributed by atoms with Crippen LogP contribution in [0.4, 0.5) is 0 Å². The Morgan fingerprint density at radius 2 is 2.33 bits per heavy atom. The van der Waals surface area contributed by atoms with Crippen molar-refractivity contribution in [3.8, 4) is 12.3 Å². The number of allylic oxidation sites excluding steroid dienone is 4. The molecule has 1 heteroatoms. The molecule has 0 amide bonds. The van der Waals surface area contributed by atoms with E-state index in [1.165, 1.54) is 0 Å². The lowest BCUT2D eigenvalue weighted by molar-refractivity contribution is -0.128. The Morgan fingerprint density at radius 3 is 3.11 bits per heavy atom. The quantitative estimate of drug-likeness (QED) is 0.507. The van der Waals surface area contributed by atoms with Crippen molar-refractivity contribution in [3.05, 3.63) is 24.3 Å². The summed E-state index contributed by atoms with van der Waals surface area (Å²) < 4.78 is 0. The van der Waals surface area contributed by atoms with Gasteiger partial charge < -0.3 is 0 Å². The molecule has 0 aliphatic heterocycles. The van der Waals surface area contributed by atoms with Gasteiger partial charge in [0, 0.05) is 12.3 Å². The fourth-order valence-electron chi connectivity index (χ4n) is 4.52. The molecule has 5 unspecified atom stereocenters. The number of hydrogen-bond acceptors (Lipinski definition) is 1. The molecule has 0 heterocycles. The first kappa shape index (κ1) is 11.8. The van der Waals surface area contributed by atoms with Crippen LogP contribution in [0.25, 0.3) is 0 Å². The monoisotopic (exact) mass is 240 g/mol. The second kappa shape index (κ2) is 4.12. The first-order valence-electron chi connectivity index (χ1n) is 7.03. The summed E-state index contributed by atoms with van der Waals surface area (Å²) >= 11 is 0. The van der Waals surface area contributed by atoms with E-state index in [-0.39, 0.29) is 11.3 Å². The summed E-state index contributed by atoms with van der Waals surface area (Å²) in [6.07, 6.45) is 18.2. The molecule has 0 saturated heterocycles.